The molecule has 3 N–H and O–H groups in total. The maximum absolute atomic E-state index is 13.5. The van der Waals surface area contributed by atoms with Gasteiger partial charge in [0.25, 0.3) is 5.91 Å². The van der Waals surface area contributed by atoms with Crippen molar-refractivity contribution in [3.05, 3.63) is 53.9 Å². The normalized spacial score (nSPS) is 9.50. The second kappa shape index (κ2) is 6.41. The summed E-state index contributed by atoms with van der Waals surface area (Å²) >= 11 is 0. The third kappa shape index (κ3) is 3.37. The second-order valence-electron chi connectivity index (χ2n) is 3.78. The second-order valence-corrected chi connectivity index (χ2v) is 3.78. The molecule has 2 rings (SSSR count). The number of aromatic nitrogens is 2. The molecule has 2 aromatic rings. The third-order valence-corrected chi connectivity index (χ3v) is 2.37. The van der Waals surface area contributed by atoms with Crippen LogP contribution in [0.1, 0.15) is 15.9 Å². The number of nitrogens with one attached hydrogen (secondary N) is 1. The van der Waals surface area contributed by atoms with E-state index in [4.69, 9.17) is 5.73 Å². The van der Waals surface area contributed by atoms with Crippen molar-refractivity contribution in [3.63, 3.8) is 0 Å². The van der Waals surface area contributed by atoms with Crippen molar-refractivity contribution in [2.24, 2.45) is 5.73 Å². The Hall–Kier alpha value is -2.78. The Morgan fingerprint density at radius 1 is 1.35 bits per heavy atom. The van der Waals surface area contributed by atoms with Crippen LogP contribution in [0.25, 0.3) is 0 Å². The Balaban J connectivity index is 2.20. The lowest BCUT2D eigenvalue weighted by Crippen LogP contribution is -2.12. The standard InChI is InChI=1S/C14H11FN4O/c15-13-4-3-12(6-10(13)2-1-5-16)19-14(20)11-7-17-9-18-8-11/h3-4,6-9H,5,16H2,(H,19,20). The minimum atomic E-state index is -0.466. The number of halogens is 1. The van der Waals surface area contributed by atoms with Crippen LogP contribution >= 0.6 is 0 Å². The van der Waals surface area contributed by atoms with Crippen LogP contribution in [-0.2, 0) is 0 Å². The largest absolute Gasteiger partial charge is 0.322 e. The predicted octanol–water partition coefficient (Wildman–Crippen LogP) is 1.18. The first-order valence-electron chi connectivity index (χ1n) is 5.75. The van der Waals surface area contributed by atoms with Crippen LogP contribution in [0.5, 0.6) is 0 Å². The number of carbonyl (C=O) groups is 1. The van der Waals surface area contributed by atoms with Gasteiger partial charge in [-0.25, -0.2) is 14.4 Å². The van der Waals surface area contributed by atoms with Gasteiger partial charge in [0, 0.05) is 18.1 Å². The molecule has 0 radical (unpaired) electrons. The number of carbonyl (C=O) groups excluding carboxylic acids is 1. The van der Waals surface area contributed by atoms with E-state index in [-0.39, 0.29) is 18.0 Å². The molecule has 5 nitrogen and oxygen atoms in total. The van der Waals surface area contributed by atoms with E-state index >= 15 is 0 Å². The number of hydrogen-bond donors (Lipinski definition) is 2. The molecule has 0 fully saturated rings. The maximum atomic E-state index is 13.5. The summed E-state index contributed by atoms with van der Waals surface area (Å²) in [5, 5.41) is 2.62. The first kappa shape index (κ1) is 13.6. The van der Waals surface area contributed by atoms with Crippen molar-refractivity contribution in [2.45, 2.75) is 0 Å². The molecule has 0 atom stereocenters. The van der Waals surface area contributed by atoms with E-state index in [1.54, 1.807) is 0 Å². The summed E-state index contributed by atoms with van der Waals surface area (Å²) in [4.78, 5) is 19.4. The van der Waals surface area contributed by atoms with Gasteiger partial charge in [-0.05, 0) is 18.2 Å². The van der Waals surface area contributed by atoms with Crippen molar-refractivity contribution in [2.75, 3.05) is 11.9 Å². The van der Waals surface area contributed by atoms with E-state index in [9.17, 15) is 9.18 Å². The molecular formula is C14H11FN4O. The molecule has 20 heavy (non-hydrogen) atoms. The highest BCUT2D eigenvalue weighted by atomic mass is 19.1. The van der Waals surface area contributed by atoms with Crippen LogP contribution in [0, 0.1) is 17.7 Å². The topological polar surface area (TPSA) is 80.9 Å². The molecule has 0 aliphatic heterocycles. The number of nitrogens with zero attached hydrogens (tertiary/aromatic N) is 2. The van der Waals surface area contributed by atoms with Gasteiger partial charge in [0.1, 0.15) is 12.1 Å². The zero-order chi connectivity index (χ0) is 14.4. The van der Waals surface area contributed by atoms with E-state index in [2.05, 4.69) is 27.1 Å². The molecule has 1 aromatic heterocycles. The fourth-order valence-electron chi connectivity index (χ4n) is 1.46. The highest BCUT2D eigenvalue weighted by molar-refractivity contribution is 6.03. The Morgan fingerprint density at radius 3 is 2.80 bits per heavy atom. The van der Waals surface area contributed by atoms with Crippen LogP contribution in [-0.4, -0.2) is 22.4 Å². The van der Waals surface area contributed by atoms with Crippen LogP contribution in [0.4, 0.5) is 10.1 Å². The summed E-state index contributed by atoms with van der Waals surface area (Å²) in [5.74, 6) is 4.32. The van der Waals surface area contributed by atoms with Crippen LogP contribution in [0.3, 0.4) is 0 Å². The molecule has 0 spiro atoms. The van der Waals surface area contributed by atoms with Crippen LogP contribution in [0.2, 0.25) is 0 Å². The van der Waals surface area contributed by atoms with Gasteiger partial charge in [-0.3, -0.25) is 4.79 Å². The number of anilines is 1. The van der Waals surface area contributed by atoms with Crippen molar-refractivity contribution < 1.29 is 9.18 Å². The molecular weight excluding hydrogens is 259 g/mol. The fourth-order valence-corrected chi connectivity index (χ4v) is 1.46. The Labute approximate surface area is 115 Å². The highest BCUT2D eigenvalue weighted by Crippen LogP contribution is 2.14. The predicted molar refractivity (Wildman–Crippen MR) is 72.3 cm³/mol. The number of hydrogen-bond acceptors (Lipinski definition) is 4. The molecule has 1 aromatic carbocycles. The van der Waals surface area contributed by atoms with Gasteiger partial charge >= 0.3 is 0 Å². The molecule has 0 saturated heterocycles. The quantitative estimate of drug-likeness (QED) is 0.803. The lowest BCUT2D eigenvalue weighted by molar-refractivity contribution is 0.102. The SMILES string of the molecule is NCC#Cc1cc(NC(=O)c2cncnc2)ccc1F. The molecule has 0 saturated carbocycles. The van der Waals surface area contributed by atoms with Gasteiger partial charge in [-0.15, -0.1) is 0 Å². The third-order valence-electron chi connectivity index (χ3n) is 2.37. The molecule has 1 amide bonds. The van der Waals surface area contributed by atoms with Crippen LogP contribution in [0.15, 0.2) is 36.9 Å². The molecule has 1 heterocycles. The fraction of sp³-hybridized carbons (Fsp3) is 0.0714. The van der Waals surface area contributed by atoms with E-state index in [0.717, 1.165) is 0 Å². The van der Waals surface area contributed by atoms with Gasteiger partial charge < -0.3 is 11.1 Å². The van der Waals surface area contributed by atoms with Gasteiger partial charge in [-0.1, -0.05) is 11.8 Å². The van der Waals surface area contributed by atoms with Crippen molar-refractivity contribution in [1.82, 2.24) is 9.97 Å². The summed E-state index contributed by atoms with van der Waals surface area (Å²) < 4.78 is 13.5. The lowest BCUT2D eigenvalue weighted by atomic mass is 10.2. The van der Waals surface area contributed by atoms with E-state index in [1.165, 1.54) is 36.9 Å². The van der Waals surface area contributed by atoms with Gasteiger partial charge in [0.05, 0.1) is 17.7 Å². The first-order chi connectivity index (χ1) is 9.70. The Bertz CT molecular complexity index is 677. The van der Waals surface area contributed by atoms with E-state index < -0.39 is 5.82 Å². The summed E-state index contributed by atoms with van der Waals surface area (Å²) in [6.07, 6.45) is 4.11. The summed E-state index contributed by atoms with van der Waals surface area (Å²) in [7, 11) is 0. The lowest BCUT2D eigenvalue weighted by Gasteiger charge is -2.05. The minimum Gasteiger partial charge on any atom is -0.322 e. The average Bonchev–Trinajstić information content (AvgIpc) is 2.48. The van der Waals surface area contributed by atoms with Crippen LogP contribution < -0.4 is 11.1 Å². The van der Waals surface area contributed by atoms with E-state index in [0.29, 0.717) is 11.3 Å². The zero-order valence-electron chi connectivity index (χ0n) is 10.4. The smallest absolute Gasteiger partial charge is 0.258 e. The minimum absolute atomic E-state index is 0.136. The Morgan fingerprint density at radius 2 is 2.10 bits per heavy atom. The zero-order valence-corrected chi connectivity index (χ0v) is 10.4. The van der Waals surface area contributed by atoms with E-state index in [1.807, 2.05) is 0 Å². The average molecular weight is 270 g/mol. The number of amides is 1. The van der Waals surface area contributed by atoms with Crippen molar-refractivity contribution in [3.8, 4) is 11.8 Å². The highest BCUT2D eigenvalue weighted by Gasteiger charge is 2.08. The molecule has 6 heteroatoms. The summed E-state index contributed by atoms with van der Waals surface area (Å²) in [5.41, 5.74) is 6.16. The first-order valence-corrected chi connectivity index (χ1v) is 5.75. The number of rotatable bonds is 2. The monoisotopic (exact) mass is 270 g/mol. The van der Waals surface area contributed by atoms with Gasteiger partial charge in [0.15, 0.2) is 0 Å². The maximum Gasteiger partial charge on any atom is 0.258 e. The molecule has 0 aliphatic carbocycles. The number of nitrogens with two attached hydrogens (primary N) is 1. The van der Waals surface area contributed by atoms with Gasteiger partial charge in [0.2, 0.25) is 0 Å². The summed E-state index contributed by atoms with van der Waals surface area (Å²) in [6, 6.07) is 4.13. The molecule has 0 aliphatic rings. The molecule has 100 valence electrons. The summed E-state index contributed by atoms with van der Waals surface area (Å²) in [6.45, 7) is 0.136. The number of benzene rings is 1. The Kier molecular flexibility index (Phi) is 4.37. The van der Waals surface area contributed by atoms with Crippen molar-refractivity contribution >= 4 is 11.6 Å². The molecule has 0 bridgehead atoms. The van der Waals surface area contributed by atoms with Crippen molar-refractivity contribution in [1.29, 1.82) is 0 Å². The molecule has 0 unspecified atom stereocenters. The van der Waals surface area contributed by atoms with Gasteiger partial charge in [-0.2, -0.15) is 0 Å².